The first kappa shape index (κ1) is 14.9. The highest BCUT2D eigenvalue weighted by Gasteiger charge is 2.13. The van der Waals surface area contributed by atoms with Crippen LogP contribution in [0, 0.1) is 5.92 Å². The van der Waals surface area contributed by atoms with Gasteiger partial charge in [-0.3, -0.25) is 0 Å². The van der Waals surface area contributed by atoms with Crippen molar-refractivity contribution in [1.82, 2.24) is 10.2 Å². The molecule has 0 bridgehead atoms. The van der Waals surface area contributed by atoms with Gasteiger partial charge in [-0.1, -0.05) is 13.8 Å². The zero-order chi connectivity index (χ0) is 12.5. The average Bonchev–Trinajstić information content (AvgIpc) is 2.33. The maximum atomic E-state index is 5.74. The number of hydrogen-bond acceptors (Lipinski definition) is 3. The fraction of sp³-hybridized carbons (Fsp3) is 1.00. The summed E-state index contributed by atoms with van der Waals surface area (Å²) in [5.41, 5.74) is 0. The first-order chi connectivity index (χ1) is 8.18. The molecule has 0 saturated carbocycles. The third-order valence-corrected chi connectivity index (χ3v) is 3.33. The molecule has 1 atom stereocenters. The summed E-state index contributed by atoms with van der Waals surface area (Å²) < 4.78 is 5.74. The van der Waals surface area contributed by atoms with Crippen LogP contribution in [-0.4, -0.2) is 50.8 Å². The lowest BCUT2D eigenvalue weighted by Gasteiger charge is -2.25. The monoisotopic (exact) mass is 242 g/mol. The Hall–Kier alpha value is -0.120. The molecule has 1 aliphatic rings. The van der Waals surface area contributed by atoms with E-state index in [1.165, 1.54) is 25.7 Å². The molecule has 1 rings (SSSR count). The minimum atomic E-state index is 0.523. The fourth-order valence-corrected chi connectivity index (χ4v) is 2.17. The highest BCUT2D eigenvalue weighted by atomic mass is 16.5. The summed E-state index contributed by atoms with van der Waals surface area (Å²) in [7, 11) is 2.21. The number of nitrogens with zero attached hydrogens (tertiary/aromatic N) is 1. The smallest absolute Gasteiger partial charge is 0.0587 e. The van der Waals surface area contributed by atoms with Gasteiger partial charge in [0.25, 0.3) is 0 Å². The summed E-state index contributed by atoms with van der Waals surface area (Å²) in [5.74, 6) is 0.746. The first-order valence-electron chi connectivity index (χ1n) is 7.19. The van der Waals surface area contributed by atoms with E-state index in [0.29, 0.717) is 6.10 Å². The summed E-state index contributed by atoms with van der Waals surface area (Å²) in [4.78, 5) is 2.41. The molecule has 0 aromatic heterocycles. The van der Waals surface area contributed by atoms with Crippen molar-refractivity contribution in [2.24, 2.45) is 5.92 Å². The van der Waals surface area contributed by atoms with Crippen LogP contribution in [0.4, 0.5) is 0 Å². The largest absolute Gasteiger partial charge is 0.378 e. The Labute approximate surface area is 107 Å². The van der Waals surface area contributed by atoms with Crippen LogP contribution in [0.2, 0.25) is 0 Å². The number of rotatable bonds is 8. The van der Waals surface area contributed by atoms with Gasteiger partial charge in [-0.25, -0.2) is 0 Å². The van der Waals surface area contributed by atoms with Crippen molar-refractivity contribution < 1.29 is 4.74 Å². The zero-order valence-corrected chi connectivity index (χ0v) is 11.9. The average molecular weight is 242 g/mol. The van der Waals surface area contributed by atoms with Gasteiger partial charge in [-0.05, 0) is 45.2 Å². The predicted octanol–water partition coefficient (Wildman–Crippen LogP) is 2.12. The number of nitrogens with one attached hydrogen (secondary N) is 1. The Morgan fingerprint density at radius 2 is 2.12 bits per heavy atom. The third-order valence-electron chi connectivity index (χ3n) is 3.33. The zero-order valence-electron chi connectivity index (χ0n) is 11.9. The van der Waals surface area contributed by atoms with Crippen molar-refractivity contribution in [3.63, 3.8) is 0 Å². The normalized spacial score (nSPS) is 21.4. The molecule has 0 aromatic carbocycles. The summed E-state index contributed by atoms with van der Waals surface area (Å²) in [6.07, 6.45) is 5.59. The maximum Gasteiger partial charge on any atom is 0.0587 e. The Morgan fingerprint density at radius 3 is 2.76 bits per heavy atom. The van der Waals surface area contributed by atoms with E-state index in [1.54, 1.807) is 0 Å². The molecule has 1 heterocycles. The number of hydrogen-bond donors (Lipinski definition) is 1. The van der Waals surface area contributed by atoms with Crippen LogP contribution < -0.4 is 5.32 Å². The van der Waals surface area contributed by atoms with Gasteiger partial charge < -0.3 is 15.0 Å². The molecule has 0 radical (unpaired) electrons. The SMILES string of the molecule is CC(C)CNCCN(C)CCC1CCCCO1. The van der Waals surface area contributed by atoms with Gasteiger partial charge >= 0.3 is 0 Å². The molecule has 1 N–H and O–H groups in total. The first-order valence-corrected chi connectivity index (χ1v) is 7.19. The topological polar surface area (TPSA) is 24.5 Å². The Balaban J connectivity index is 1.94. The van der Waals surface area contributed by atoms with Crippen LogP contribution in [0.25, 0.3) is 0 Å². The second-order valence-electron chi connectivity index (χ2n) is 5.68. The van der Waals surface area contributed by atoms with Crippen molar-refractivity contribution in [1.29, 1.82) is 0 Å². The van der Waals surface area contributed by atoms with Crippen molar-refractivity contribution in [2.75, 3.05) is 39.8 Å². The van der Waals surface area contributed by atoms with Gasteiger partial charge in [0, 0.05) is 26.2 Å². The molecule has 0 aliphatic carbocycles. The fourth-order valence-electron chi connectivity index (χ4n) is 2.17. The van der Waals surface area contributed by atoms with Crippen molar-refractivity contribution in [3.8, 4) is 0 Å². The molecule has 1 fully saturated rings. The second-order valence-corrected chi connectivity index (χ2v) is 5.68. The number of ether oxygens (including phenoxy) is 1. The van der Waals surface area contributed by atoms with Gasteiger partial charge in [0.2, 0.25) is 0 Å². The van der Waals surface area contributed by atoms with Gasteiger partial charge in [0.15, 0.2) is 0 Å². The van der Waals surface area contributed by atoms with E-state index < -0.39 is 0 Å². The molecule has 1 aliphatic heterocycles. The molecule has 3 heteroatoms. The van der Waals surface area contributed by atoms with Crippen LogP contribution in [0.15, 0.2) is 0 Å². The van der Waals surface area contributed by atoms with Crippen LogP contribution in [0.1, 0.15) is 39.5 Å². The standard InChI is InChI=1S/C14H30N2O/c1-13(2)12-15-8-10-16(3)9-7-14-6-4-5-11-17-14/h13-15H,4-12H2,1-3H3. The second kappa shape index (κ2) is 8.90. The molecule has 0 aromatic rings. The van der Waals surface area contributed by atoms with Crippen molar-refractivity contribution >= 4 is 0 Å². The summed E-state index contributed by atoms with van der Waals surface area (Å²) >= 11 is 0. The highest BCUT2D eigenvalue weighted by Crippen LogP contribution is 2.15. The van der Waals surface area contributed by atoms with Gasteiger partial charge in [0.05, 0.1) is 6.10 Å². The summed E-state index contributed by atoms with van der Waals surface area (Å²) in [5, 5.41) is 3.48. The van der Waals surface area contributed by atoms with E-state index in [1.807, 2.05) is 0 Å². The van der Waals surface area contributed by atoms with E-state index in [2.05, 4.69) is 31.1 Å². The molecule has 17 heavy (non-hydrogen) atoms. The third kappa shape index (κ3) is 7.74. The van der Waals surface area contributed by atoms with Gasteiger partial charge in [0.1, 0.15) is 0 Å². The Bertz CT molecular complexity index is 179. The Morgan fingerprint density at radius 1 is 1.29 bits per heavy atom. The molecule has 1 saturated heterocycles. The van der Waals surface area contributed by atoms with Gasteiger partial charge in [-0.15, -0.1) is 0 Å². The highest BCUT2D eigenvalue weighted by molar-refractivity contribution is 4.66. The van der Waals surface area contributed by atoms with E-state index in [-0.39, 0.29) is 0 Å². The lowest BCUT2D eigenvalue weighted by Crippen LogP contribution is -2.33. The van der Waals surface area contributed by atoms with Crippen molar-refractivity contribution in [2.45, 2.75) is 45.6 Å². The quantitative estimate of drug-likeness (QED) is 0.660. The van der Waals surface area contributed by atoms with E-state index >= 15 is 0 Å². The van der Waals surface area contributed by atoms with E-state index in [4.69, 9.17) is 4.74 Å². The van der Waals surface area contributed by atoms with Crippen LogP contribution in [0.3, 0.4) is 0 Å². The van der Waals surface area contributed by atoms with Crippen molar-refractivity contribution in [3.05, 3.63) is 0 Å². The minimum Gasteiger partial charge on any atom is -0.378 e. The van der Waals surface area contributed by atoms with E-state index in [0.717, 1.165) is 38.7 Å². The number of likely N-dealkylation sites (N-methyl/N-ethyl adjacent to an activating group) is 1. The molecular formula is C14H30N2O. The summed E-state index contributed by atoms with van der Waals surface area (Å²) in [6.45, 7) is 9.99. The van der Waals surface area contributed by atoms with E-state index in [9.17, 15) is 0 Å². The Kier molecular flexibility index (Phi) is 7.82. The predicted molar refractivity (Wildman–Crippen MR) is 73.4 cm³/mol. The minimum absolute atomic E-state index is 0.523. The molecule has 0 spiro atoms. The lowest BCUT2D eigenvalue weighted by molar-refractivity contribution is 0.00680. The molecule has 0 amide bonds. The molecular weight excluding hydrogens is 212 g/mol. The van der Waals surface area contributed by atoms with Crippen LogP contribution in [-0.2, 0) is 4.74 Å². The summed E-state index contributed by atoms with van der Waals surface area (Å²) in [6, 6.07) is 0. The lowest BCUT2D eigenvalue weighted by atomic mass is 10.1. The molecule has 1 unspecified atom stereocenters. The molecule has 3 nitrogen and oxygen atoms in total. The molecule has 102 valence electrons. The van der Waals surface area contributed by atoms with Crippen LogP contribution in [0.5, 0.6) is 0 Å². The van der Waals surface area contributed by atoms with Crippen LogP contribution >= 0.6 is 0 Å². The maximum absolute atomic E-state index is 5.74. The van der Waals surface area contributed by atoms with Gasteiger partial charge in [-0.2, -0.15) is 0 Å².